The summed E-state index contributed by atoms with van der Waals surface area (Å²) in [5, 5.41) is 0. The van der Waals surface area contributed by atoms with Crippen LogP contribution in [0.3, 0.4) is 0 Å². The molecule has 1 amide bonds. The molecular formula is C27H31N3O3S. The van der Waals surface area contributed by atoms with Gasteiger partial charge in [-0.3, -0.25) is 9.78 Å². The van der Waals surface area contributed by atoms with Gasteiger partial charge < -0.3 is 4.90 Å². The van der Waals surface area contributed by atoms with Gasteiger partial charge in [0.25, 0.3) is 5.91 Å². The minimum atomic E-state index is -3.65. The number of piperidine rings is 1. The number of rotatable bonds is 5. The standard InChI is InChI=1S/C27H31N3O3S/c1-19-7-5-10-25(20(19)2)26-12-11-23(18-28-26)21-13-15-30(16-14-21)34(32,33)24-9-6-8-22(17-24)27(31)29(3)4/h5-12,17-18,21H,13-16H2,1-4H3. The number of nitrogens with zero attached hydrogens (tertiary/aromatic N) is 3. The summed E-state index contributed by atoms with van der Waals surface area (Å²) < 4.78 is 28.0. The Morgan fingerprint density at radius 2 is 1.71 bits per heavy atom. The van der Waals surface area contributed by atoms with Crippen LogP contribution in [0.25, 0.3) is 11.3 Å². The van der Waals surface area contributed by atoms with Gasteiger partial charge in [0.1, 0.15) is 0 Å². The normalized spacial score (nSPS) is 15.3. The van der Waals surface area contributed by atoms with E-state index in [1.54, 1.807) is 32.3 Å². The monoisotopic (exact) mass is 477 g/mol. The molecule has 0 aliphatic carbocycles. The molecule has 0 unspecified atom stereocenters. The van der Waals surface area contributed by atoms with Crippen molar-refractivity contribution >= 4 is 15.9 Å². The van der Waals surface area contributed by atoms with Crippen LogP contribution in [-0.2, 0) is 10.0 Å². The van der Waals surface area contributed by atoms with E-state index in [4.69, 9.17) is 4.98 Å². The maximum Gasteiger partial charge on any atom is 0.253 e. The second-order valence-corrected chi connectivity index (χ2v) is 11.1. The van der Waals surface area contributed by atoms with Crippen molar-refractivity contribution in [3.8, 4) is 11.3 Å². The summed E-state index contributed by atoms with van der Waals surface area (Å²) in [5.74, 6) is 0.0563. The SMILES string of the molecule is Cc1cccc(-c2ccc(C3CCN(S(=O)(=O)c4cccc(C(=O)N(C)C)c4)CC3)cn2)c1C. The zero-order chi connectivity index (χ0) is 24.5. The Hall–Kier alpha value is -3.03. The van der Waals surface area contributed by atoms with Crippen molar-refractivity contribution in [3.05, 3.63) is 83.0 Å². The van der Waals surface area contributed by atoms with Crippen molar-refractivity contribution in [1.82, 2.24) is 14.2 Å². The van der Waals surface area contributed by atoms with Crippen molar-refractivity contribution in [2.75, 3.05) is 27.2 Å². The molecule has 0 N–H and O–H groups in total. The summed E-state index contributed by atoms with van der Waals surface area (Å²) in [6.07, 6.45) is 3.41. The number of carbonyl (C=O) groups excluding carboxylic acids is 1. The Kier molecular flexibility index (Phi) is 6.86. The second kappa shape index (κ2) is 9.68. The first-order valence-corrected chi connectivity index (χ1v) is 13.0. The van der Waals surface area contributed by atoms with Gasteiger partial charge in [0.2, 0.25) is 10.0 Å². The van der Waals surface area contributed by atoms with E-state index < -0.39 is 10.0 Å². The Morgan fingerprint density at radius 1 is 1.00 bits per heavy atom. The fourth-order valence-electron chi connectivity index (χ4n) is 4.46. The molecule has 0 bridgehead atoms. The largest absolute Gasteiger partial charge is 0.345 e. The molecule has 1 aromatic heterocycles. The van der Waals surface area contributed by atoms with Crippen LogP contribution in [0.5, 0.6) is 0 Å². The molecule has 3 aromatic rings. The summed E-state index contributed by atoms with van der Waals surface area (Å²) in [6.45, 7) is 5.10. The predicted molar refractivity (Wildman–Crippen MR) is 134 cm³/mol. The molecule has 178 valence electrons. The second-order valence-electron chi connectivity index (χ2n) is 9.13. The molecule has 1 fully saturated rings. The summed E-state index contributed by atoms with van der Waals surface area (Å²) >= 11 is 0. The number of hydrogen-bond donors (Lipinski definition) is 0. The zero-order valence-corrected chi connectivity index (χ0v) is 21.0. The number of amides is 1. The molecule has 2 heterocycles. The lowest BCUT2D eigenvalue weighted by Crippen LogP contribution is -2.38. The maximum atomic E-state index is 13.2. The molecule has 4 rings (SSSR count). The van der Waals surface area contributed by atoms with E-state index in [9.17, 15) is 13.2 Å². The van der Waals surface area contributed by atoms with Crippen LogP contribution in [0.2, 0.25) is 0 Å². The fraction of sp³-hybridized carbons (Fsp3) is 0.333. The summed E-state index contributed by atoms with van der Waals surface area (Å²) in [6, 6.07) is 16.7. The van der Waals surface area contributed by atoms with Crippen molar-refractivity contribution in [1.29, 1.82) is 0 Å². The highest BCUT2D eigenvalue weighted by molar-refractivity contribution is 7.89. The molecule has 0 atom stereocenters. The van der Waals surface area contributed by atoms with E-state index in [1.807, 2.05) is 6.20 Å². The summed E-state index contributed by atoms with van der Waals surface area (Å²) in [5.41, 5.74) is 6.09. The van der Waals surface area contributed by atoms with Crippen LogP contribution in [0.4, 0.5) is 0 Å². The smallest absolute Gasteiger partial charge is 0.253 e. The van der Waals surface area contributed by atoms with Gasteiger partial charge in [-0.05, 0) is 73.6 Å². The van der Waals surface area contributed by atoms with Gasteiger partial charge in [-0.1, -0.05) is 30.3 Å². The highest BCUT2D eigenvalue weighted by Gasteiger charge is 2.30. The van der Waals surface area contributed by atoms with Gasteiger partial charge in [-0.25, -0.2) is 8.42 Å². The van der Waals surface area contributed by atoms with E-state index in [2.05, 4.69) is 44.2 Å². The quantitative estimate of drug-likeness (QED) is 0.537. The van der Waals surface area contributed by atoms with Crippen molar-refractivity contribution in [2.24, 2.45) is 0 Å². The topological polar surface area (TPSA) is 70.6 Å². The van der Waals surface area contributed by atoms with Gasteiger partial charge in [0, 0.05) is 44.5 Å². The minimum absolute atomic E-state index is 0.165. The lowest BCUT2D eigenvalue weighted by molar-refractivity contribution is 0.0827. The third-order valence-corrected chi connectivity index (χ3v) is 8.61. The van der Waals surface area contributed by atoms with Crippen molar-refractivity contribution in [2.45, 2.75) is 37.5 Å². The molecule has 34 heavy (non-hydrogen) atoms. The van der Waals surface area contributed by atoms with Gasteiger partial charge in [0.15, 0.2) is 0 Å². The van der Waals surface area contributed by atoms with E-state index in [-0.39, 0.29) is 16.7 Å². The van der Waals surface area contributed by atoms with Gasteiger partial charge in [0.05, 0.1) is 10.6 Å². The third-order valence-electron chi connectivity index (χ3n) is 6.72. The van der Waals surface area contributed by atoms with E-state index in [0.717, 1.165) is 29.7 Å². The molecule has 6 nitrogen and oxygen atoms in total. The summed E-state index contributed by atoms with van der Waals surface area (Å²) in [7, 11) is -0.353. The van der Waals surface area contributed by atoms with Crippen LogP contribution in [0.1, 0.15) is 45.8 Å². The lowest BCUT2D eigenvalue weighted by Gasteiger charge is -2.31. The maximum absolute atomic E-state index is 13.2. The van der Waals surface area contributed by atoms with Crippen LogP contribution >= 0.6 is 0 Å². The molecule has 1 saturated heterocycles. The van der Waals surface area contributed by atoms with Crippen LogP contribution in [0.15, 0.2) is 65.7 Å². The number of hydrogen-bond acceptors (Lipinski definition) is 4. The highest BCUT2D eigenvalue weighted by Crippen LogP contribution is 2.32. The fourth-order valence-corrected chi connectivity index (χ4v) is 5.98. The number of pyridine rings is 1. The Balaban J connectivity index is 1.45. The molecule has 7 heteroatoms. The summed E-state index contributed by atoms with van der Waals surface area (Å²) in [4.78, 5) is 18.6. The highest BCUT2D eigenvalue weighted by atomic mass is 32.2. The number of aryl methyl sites for hydroxylation is 1. The first-order valence-electron chi connectivity index (χ1n) is 11.5. The molecule has 1 aliphatic rings. The van der Waals surface area contributed by atoms with Gasteiger partial charge in [-0.2, -0.15) is 4.31 Å². The Morgan fingerprint density at radius 3 is 2.35 bits per heavy atom. The van der Waals surface area contributed by atoms with Crippen LogP contribution < -0.4 is 0 Å². The molecule has 0 spiro atoms. The minimum Gasteiger partial charge on any atom is -0.345 e. The van der Waals surface area contributed by atoms with E-state index >= 15 is 0 Å². The molecule has 2 aromatic carbocycles. The van der Waals surface area contributed by atoms with E-state index in [1.165, 1.54) is 26.4 Å². The molecule has 0 saturated carbocycles. The number of sulfonamides is 1. The van der Waals surface area contributed by atoms with Gasteiger partial charge >= 0.3 is 0 Å². The predicted octanol–water partition coefficient (Wildman–Crippen LogP) is 4.64. The average molecular weight is 478 g/mol. The Bertz CT molecular complexity index is 1290. The van der Waals surface area contributed by atoms with Crippen LogP contribution in [-0.4, -0.2) is 55.7 Å². The van der Waals surface area contributed by atoms with Gasteiger partial charge in [-0.15, -0.1) is 0 Å². The number of carbonyl (C=O) groups is 1. The first-order chi connectivity index (χ1) is 16.2. The van der Waals surface area contributed by atoms with Crippen molar-refractivity contribution < 1.29 is 13.2 Å². The Labute approximate surface area is 202 Å². The van der Waals surface area contributed by atoms with Crippen LogP contribution in [0, 0.1) is 13.8 Å². The third kappa shape index (κ3) is 4.76. The first kappa shape index (κ1) is 24.1. The molecule has 1 aliphatic heterocycles. The molecule has 0 radical (unpaired) electrons. The number of aromatic nitrogens is 1. The van der Waals surface area contributed by atoms with Crippen molar-refractivity contribution in [3.63, 3.8) is 0 Å². The van der Waals surface area contributed by atoms with E-state index in [0.29, 0.717) is 18.7 Å². The lowest BCUT2D eigenvalue weighted by atomic mass is 9.91. The zero-order valence-electron chi connectivity index (χ0n) is 20.2. The number of benzene rings is 2. The average Bonchev–Trinajstić information content (AvgIpc) is 2.85. The molecular weight excluding hydrogens is 446 g/mol.